The molecule has 0 aromatic heterocycles. The van der Waals surface area contributed by atoms with E-state index < -0.39 is 35.4 Å². The molecule has 0 saturated carbocycles. The molecular formula is C5F9NO2. The molecule has 0 saturated heterocycles. The second kappa shape index (κ2) is 4.16. The smallest absolute Gasteiger partial charge is 0.252 e. The molecule has 12 heteroatoms. The van der Waals surface area contributed by atoms with Crippen LogP contribution in [0.1, 0.15) is 0 Å². The van der Waals surface area contributed by atoms with Crippen molar-refractivity contribution in [3.05, 3.63) is 0 Å². The molecule has 0 radical (unpaired) electrons. The van der Waals surface area contributed by atoms with Crippen molar-refractivity contribution in [2.24, 2.45) is 0 Å². The number of carbonyl (C=O) groups is 2. The largest absolute Gasteiger partial charge is 0.470 e. The molecule has 17 heavy (non-hydrogen) atoms. The van der Waals surface area contributed by atoms with Crippen LogP contribution in [-0.2, 0) is 9.59 Å². The van der Waals surface area contributed by atoms with E-state index in [0.29, 0.717) is 0 Å². The first kappa shape index (κ1) is 15.7. The number of nitrogens with zero attached hydrogens (tertiary/aromatic N) is 1. The number of halogens is 9. The first-order valence-electron chi connectivity index (χ1n) is 3.28. The highest BCUT2D eigenvalue weighted by atomic mass is 19.4. The Morgan fingerprint density at radius 1 is 0.706 bits per heavy atom. The lowest BCUT2D eigenvalue weighted by Crippen LogP contribution is -2.63. The Morgan fingerprint density at radius 2 is 0.941 bits per heavy atom. The summed E-state index contributed by atoms with van der Waals surface area (Å²) in [6, 6.07) is -21.1. The standard InChI is InChI=1S/C5F9NO2/c6-1(16)3(8,9)15(5(12,13)14)4(10,11)2(7)17. The Bertz CT molecular complexity index is 309. The third kappa shape index (κ3) is 2.87. The molecule has 0 aliphatic carbocycles. The van der Waals surface area contributed by atoms with Crippen LogP contribution in [0.4, 0.5) is 39.5 Å². The summed E-state index contributed by atoms with van der Waals surface area (Å²) < 4.78 is 107. The molecule has 0 fully saturated rings. The summed E-state index contributed by atoms with van der Waals surface area (Å²) in [7, 11) is 0. The molecule has 3 nitrogen and oxygen atoms in total. The van der Waals surface area contributed by atoms with Crippen molar-refractivity contribution in [1.29, 1.82) is 0 Å². The summed E-state index contributed by atoms with van der Waals surface area (Å²) >= 11 is 0. The van der Waals surface area contributed by atoms with Gasteiger partial charge in [0.2, 0.25) is 0 Å². The minimum Gasteiger partial charge on any atom is -0.252 e. The van der Waals surface area contributed by atoms with Crippen LogP contribution >= 0.6 is 0 Å². The molecule has 0 rings (SSSR count). The molecule has 0 unspecified atom stereocenters. The van der Waals surface area contributed by atoms with E-state index in [0.717, 1.165) is 0 Å². The summed E-state index contributed by atoms with van der Waals surface area (Å²) in [5, 5.41) is 0. The maximum absolute atomic E-state index is 12.2. The number of hydrogen-bond donors (Lipinski definition) is 0. The number of alkyl halides is 7. The molecule has 0 aromatic carbocycles. The van der Waals surface area contributed by atoms with Crippen LogP contribution < -0.4 is 0 Å². The van der Waals surface area contributed by atoms with Gasteiger partial charge in [-0.3, -0.25) is 9.59 Å². The predicted octanol–water partition coefficient (Wildman–Crippen LogP) is 1.99. The summed E-state index contributed by atoms with van der Waals surface area (Å²) in [6.07, 6.45) is -6.74. The zero-order chi connectivity index (χ0) is 14.2. The van der Waals surface area contributed by atoms with E-state index in [1.54, 1.807) is 0 Å². The molecule has 0 amide bonds. The Morgan fingerprint density at radius 3 is 1.06 bits per heavy atom. The molecule has 0 heterocycles. The molecule has 0 N–H and O–H groups in total. The van der Waals surface area contributed by atoms with Gasteiger partial charge in [0.25, 0.3) is 0 Å². The lowest BCUT2D eigenvalue weighted by atomic mass is 10.4. The maximum Gasteiger partial charge on any atom is 0.470 e. The average molecular weight is 277 g/mol. The lowest BCUT2D eigenvalue weighted by molar-refractivity contribution is -0.389. The van der Waals surface area contributed by atoms with E-state index in [2.05, 4.69) is 0 Å². The van der Waals surface area contributed by atoms with Crippen LogP contribution in [0.15, 0.2) is 0 Å². The van der Waals surface area contributed by atoms with Gasteiger partial charge in [0.15, 0.2) is 0 Å². The van der Waals surface area contributed by atoms with Gasteiger partial charge in [-0.15, -0.1) is 0 Å². The van der Waals surface area contributed by atoms with E-state index in [1.807, 2.05) is 0 Å². The summed E-state index contributed by atoms with van der Waals surface area (Å²) in [5.41, 5.74) is 0. The van der Waals surface area contributed by atoms with E-state index in [-0.39, 0.29) is 0 Å². The van der Waals surface area contributed by atoms with Crippen molar-refractivity contribution < 1.29 is 49.1 Å². The second-order valence-corrected chi connectivity index (χ2v) is 2.43. The van der Waals surface area contributed by atoms with Crippen LogP contribution in [0.2, 0.25) is 0 Å². The Kier molecular flexibility index (Phi) is 3.83. The van der Waals surface area contributed by atoms with Crippen LogP contribution in [0.5, 0.6) is 0 Å². The molecule has 100 valence electrons. The third-order valence-corrected chi connectivity index (χ3v) is 1.29. The fraction of sp³-hybridized carbons (Fsp3) is 0.600. The van der Waals surface area contributed by atoms with Crippen molar-refractivity contribution in [3.8, 4) is 0 Å². The van der Waals surface area contributed by atoms with E-state index >= 15 is 0 Å². The van der Waals surface area contributed by atoms with E-state index in [9.17, 15) is 49.1 Å². The van der Waals surface area contributed by atoms with Crippen molar-refractivity contribution in [3.63, 3.8) is 0 Å². The Labute approximate surface area is 85.8 Å². The quantitative estimate of drug-likeness (QED) is 0.448. The van der Waals surface area contributed by atoms with E-state index in [1.165, 1.54) is 0 Å². The molecule has 0 spiro atoms. The minimum absolute atomic E-state index is 3.41. The van der Waals surface area contributed by atoms with Gasteiger partial charge < -0.3 is 0 Å². The monoisotopic (exact) mass is 277 g/mol. The van der Waals surface area contributed by atoms with Gasteiger partial charge in [-0.1, -0.05) is 4.90 Å². The zero-order valence-electron chi connectivity index (χ0n) is 7.17. The van der Waals surface area contributed by atoms with Crippen LogP contribution in [0, 0.1) is 0 Å². The van der Waals surface area contributed by atoms with Crippen molar-refractivity contribution in [1.82, 2.24) is 4.90 Å². The maximum atomic E-state index is 12.2. The summed E-state index contributed by atoms with van der Waals surface area (Å²) in [5.74, 6) is 0. The molecular weight excluding hydrogens is 277 g/mol. The molecule has 0 atom stereocenters. The van der Waals surface area contributed by atoms with Gasteiger partial charge in [0, 0.05) is 0 Å². The van der Waals surface area contributed by atoms with Crippen molar-refractivity contribution >= 4 is 12.1 Å². The Hall–Kier alpha value is -1.33. The first-order valence-corrected chi connectivity index (χ1v) is 3.28. The lowest BCUT2D eigenvalue weighted by Gasteiger charge is -2.32. The van der Waals surface area contributed by atoms with Gasteiger partial charge in [0.05, 0.1) is 0 Å². The van der Waals surface area contributed by atoms with E-state index in [4.69, 9.17) is 0 Å². The van der Waals surface area contributed by atoms with Crippen LogP contribution in [0.3, 0.4) is 0 Å². The second-order valence-electron chi connectivity index (χ2n) is 2.43. The fourth-order valence-corrected chi connectivity index (χ4v) is 0.671. The predicted molar refractivity (Wildman–Crippen MR) is 30.0 cm³/mol. The average Bonchev–Trinajstić information content (AvgIpc) is 1.98. The summed E-state index contributed by atoms with van der Waals surface area (Å²) in [4.78, 5) is 15.6. The van der Waals surface area contributed by atoms with Crippen LogP contribution in [-0.4, -0.2) is 35.4 Å². The normalized spacial score (nSPS) is 14.0. The first-order chi connectivity index (χ1) is 7.25. The number of hydrogen-bond acceptors (Lipinski definition) is 3. The SMILES string of the molecule is O=C(F)C(F)(F)N(C(F)(F)F)C(F)(F)C(=O)F. The number of carbonyl (C=O) groups excluding carboxylic acids is 2. The van der Waals surface area contributed by atoms with Gasteiger partial charge in [-0.2, -0.15) is 39.5 Å². The summed E-state index contributed by atoms with van der Waals surface area (Å²) in [6.45, 7) is 0. The van der Waals surface area contributed by atoms with Crippen LogP contribution in [0.25, 0.3) is 0 Å². The highest BCUT2D eigenvalue weighted by Crippen LogP contribution is 2.42. The van der Waals surface area contributed by atoms with Gasteiger partial charge >= 0.3 is 30.5 Å². The number of rotatable bonds is 4. The van der Waals surface area contributed by atoms with Gasteiger partial charge in [-0.25, -0.2) is 0 Å². The molecule has 0 aliphatic heterocycles. The van der Waals surface area contributed by atoms with Gasteiger partial charge in [0.1, 0.15) is 0 Å². The fourth-order valence-electron chi connectivity index (χ4n) is 0.671. The Balaban J connectivity index is 5.79. The topological polar surface area (TPSA) is 37.4 Å². The van der Waals surface area contributed by atoms with Crippen molar-refractivity contribution in [2.45, 2.75) is 18.4 Å². The highest BCUT2D eigenvalue weighted by Gasteiger charge is 2.71. The third-order valence-electron chi connectivity index (χ3n) is 1.29. The van der Waals surface area contributed by atoms with Gasteiger partial charge in [-0.05, 0) is 0 Å². The van der Waals surface area contributed by atoms with Crippen molar-refractivity contribution in [2.75, 3.05) is 0 Å². The molecule has 0 aliphatic rings. The highest BCUT2D eigenvalue weighted by molar-refractivity contribution is 5.80. The minimum atomic E-state index is -6.74. The zero-order valence-corrected chi connectivity index (χ0v) is 7.17. The molecule has 0 bridgehead atoms. The molecule has 0 aromatic rings.